The van der Waals surface area contributed by atoms with Crippen molar-refractivity contribution >= 4 is 8.95 Å². The molecule has 3 heteroatoms. The first-order valence-corrected chi connectivity index (χ1v) is 4.22. The minimum Gasteiger partial charge on any atom is -0.358 e. The first-order chi connectivity index (χ1) is 4.91. The summed E-state index contributed by atoms with van der Waals surface area (Å²) in [5, 5.41) is 0. The van der Waals surface area contributed by atoms with E-state index in [-0.39, 0.29) is 7.43 Å². The molecule has 0 heterocycles. The molecule has 0 atom stereocenters. The number of allylic oxidation sites excluding steroid dienone is 4. The predicted octanol–water partition coefficient (Wildman–Crippen LogP) is 0.959. The van der Waals surface area contributed by atoms with Crippen LogP contribution in [0.1, 0.15) is 6.42 Å². The number of carbonyl (C=O) groups excluding carboxylic acids is 2. The Morgan fingerprint density at radius 2 is 2.00 bits per heavy atom. The fourth-order valence-electron chi connectivity index (χ4n) is 0.355. The van der Waals surface area contributed by atoms with E-state index in [0.29, 0.717) is 0 Å². The van der Waals surface area contributed by atoms with Gasteiger partial charge in [-0.25, -0.2) is 12.2 Å². The summed E-state index contributed by atoms with van der Waals surface area (Å²) in [7, 11) is 0. The van der Waals surface area contributed by atoms with E-state index in [4.69, 9.17) is 9.59 Å². The van der Waals surface area contributed by atoms with Gasteiger partial charge < -0.3 is 7.43 Å². The predicted molar refractivity (Wildman–Crippen MR) is 39.4 cm³/mol. The van der Waals surface area contributed by atoms with Gasteiger partial charge >= 0.3 is 34.8 Å². The zero-order valence-electron chi connectivity index (χ0n) is 6.11. The Morgan fingerprint density at radius 3 is 2.09 bits per heavy atom. The van der Waals surface area contributed by atoms with Crippen molar-refractivity contribution in [2.45, 2.75) is 6.42 Å². The summed E-state index contributed by atoms with van der Waals surface area (Å²) in [5.74, 6) is 0. The van der Waals surface area contributed by atoms with Crippen molar-refractivity contribution in [2.24, 2.45) is 0 Å². The molecule has 1 aliphatic carbocycles. The van der Waals surface area contributed by atoms with Crippen LogP contribution in [-0.2, 0) is 25.8 Å². The fraction of sp³-hybridized carbons (Fsp3) is 0.125. The van der Waals surface area contributed by atoms with Crippen LogP contribution >= 0.6 is 0 Å². The molecule has 0 aliphatic heterocycles. The minimum atomic E-state index is -0.842. The van der Waals surface area contributed by atoms with Gasteiger partial charge in [-0.15, -0.1) is 6.42 Å². The molecular formula is C8H8O2Ru-2. The molecule has 0 N–H and O–H groups in total. The van der Waals surface area contributed by atoms with Gasteiger partial charge in [-0.2, -0.15) is 6.08 Å². The van der Waals surface area contributed by atoms with Crippen LogP contribution in [0.5, 0.6) is 0 Å². The smallest absolute Gasteiger partial charge is 0.109 e. The Bertz CT molecular complexity index is 215. The van der Waals surface area contributed by atoms with Crippen LogP contribution < -0.4 is 0 Å². The molecule has 0 saturated heterocycles. The van der Waals surface area contributed by atoms with Gasteiger partial charge in [-0.1, -0.05) is 0 Å². The van der Waals surface area contributed by atoms with Crippen LogP contribution in [0.2, 0.25) is 0 Å². The van der Waals surface area contributed by atoms with E-state index < -0.39 is 16.2 Å². The molecule has 62 valence electrons. The molecule has 0 aromatic carbocycles. The van der Waals surface area contributed by atoms with E-state index in [1.165, 1.54) is 8.95 Å². The van der Waals surface area contributed by atoms with E-state index in [9.17, 15) is 0 Å². The zero-order chi connectivity index (χ0) is 7.66. The number of rotatable bonds is 0. The van der Waals surface area contributed by atoms with Gasteiger partial charge in [0.25, 0.3) is 0 Å². The Kier molecular flexibility index (Phi) is 14.1. The van der Waals surface area contributed by atoms with Crippen molar-refractivity contribution in [2.75, 3.05) is 0 Å². The summed E-state index contributed by atoms with van der Waals surface area (Å²) < 4.78 is 2.87. The maximum Gasteiger partial charge on any atom is -0.109 e. The second-order valence-electron chi connectivity index (χ2n) is 1.24. The first kappa shape index (κ1) is 12.9. The molecular weight excluding hydrogens is 229 g/mol. The van der Waals surface area contributed by atoms with Gasteiger partial charge in [0, 0.05) is 0 Å². The summed E-state index contributed by atoms with van der Waals surface area (Å²) in [6, 6.07) is 0. The summed E-state index contributed by atoms with van der Waals surface area (Å²) >= 11 is -0.842. The molecule has 0 amide bonds. The third-order valence-electron chi connectivity index (χ3n) is 0.658. The molecule has 1 aliphatic rings. The summed E-state index contributed by atoms with van der Waals surface area (Å²) in [4.78, 5) is 18.1. The standard InChI is InChI=1S/C5H5.2CO.CH3.Ru/c1-2-4-5-3-1;2*1-2;;/h1-3H,4H2;;;1H3;/q-1;;;-1;. The Morgan fingerprint density at radius 1 is 1.36 bits per heavy atom. The third kappa shape index (κ3) is 12.5. The molecule has 0 aromatic rings. The van der Waals surface area contributed by atoms with Gasteiger partial charge in [-0.3, -0.25) is 6.08 Å². The van der Waals surface area contributed by atoms with E-state index in [2.05, 4.69) is 12.2 Å². The van der Waals surface area contributed by atoms with E-state index in [0.717, 1.165) is 6.42 Å². The van der Waals surface area contributed by atoms with Crippen LogP contribution in [0, 0.1) is 13.5 Å². The van der Waals surface area contributed by atoms with Crippen LogP contribution in [0.3, 0.4) is 0 Å². The molecule has 2 nitrogen and oxygen atoms in total. The number of hydrogen-bond donors (Lipinski definition) is 0. The van der Waals surface area contributed by atoms with Gasteiger partial charge in [0.15, 0.2) is 0 Å². The van der Waals surface area contributed by atoms with Gasteiger partial charge in [0.1, 0.15) is 0 Å². The second-order valence-corrected chi connectivity index (χ2v) is 2.38. The molecule has 0 unspecified atom stereocenters. The molecule has 0 aromatic heterocycles. The van der Waals surface area contributed by atoms with Gasteiger partial charge in [0.2, 0.25) is 0 Å². The molecule has 0 spiro atoms. The summed E-state index contributed by atoms with van der Waals surface area (Å²) in [6.07, 6.45) is 10.0. The molecule has 0 fully saturated rings. The normalized spacial score (nSPS) is 10.2. The van der Waals surface area contributed by atoms with Crippen LogP contribution in [-0.4, -0.2) is 8.95 Å². The van der Waals surface area contributed by atoms with Crippen molar-refractivity contribution in [3.8, 4) is 0 Å². The van der Waals surface area contributed by atoms with Crippen molar-refractivity contribution in [3.63, 3.8) is 0 Å². The molecule has 11 heavy (non-hydrogen) atoms. The molecule has 1 rings (SSSR count). The minimum absolute atomic E-state index is 0. The Labute approximate surface area is 73.2 Å². The quantitative estimate of drug-likeness (QED) is 0.464. The molecule has 0 bridgehead atoms. The average molecular weight is 237 g/mol. The SMILES string of the molecule is O=[C]=[Ru]=[C]=O.[C-]1=CC=CC1.[CH3-]. The van der Waals surface area contributed by atoms with Gasteiger partial charge in [0.05, 0.1) is 0 Å². The Balaban J connectivity index is 0. The van der Waals surface area contributed by atoms with Crippen molar-refractivity contribution in [1.29, 1.82) is 0 Å². The van der Waals surface area contributed by atoms with Crippen molar-refractivity contribution in [1.82, 2.24) is 0 Å². The van der Waals surface area contributed by atoms with E-state index >= 15 is 0 Å². The maximum atomic E-state index is 9.06. The summed E-state index contributed by atoms with van der Waals surface area (Å²) in [5.41, 5.74) is 0. The third-order valence-corrected chi connectivity index (χ3v) is 1.01. The van der Waals surface area contributed by atoms with Crippen molar-refractivity contribution in [3.05, 3.63) is 31.7 Å². The van der Waals surface area contributed by atoms with Gasteiger partial charge in [-0.05, 0) is 0 Å². The van der Waals surface area contributed by atoms with E-state index in [1.54, 1.807) is 0 Å². The molecule has 0 saturated carbocycles. The van der Waals surface area contributed by atoms with Crippen LogP contribution in [0.4, 0.5) is 0 Å². The maximum absolute atomic E-state index is 9.06. The molecule has 0 radical (unpaired) electrons. The van der Waals surface area contributed by atoms with E-state index in [1.807, 2.05) is 12.2 Å². The van der Waals surface area contributed by atoms with Crippen LogP contribution in [0.15, 0.2) is 18.2 Å². The second kappa shape index (κ2) is 12.0. The Hall–Kier alpha value is -0.737. The fourth-order valence-corrected chi connectivity index (χ4v) is 0.427. The first-order valence-electron chi connectivity index (χ1n) is 2.48. The zero-order valence-corrected chi connectivity index (χ0v) is 7.85. The van der Waals surface area contributed by atoms with Crippen molar-refractivity contribution < 1.29 is 25.8 Å². The summed E-state index contributed by atoms with van der Waals surface area (Å²) in [6.45, 7) is 0. The average Bonchev–Trinajstić information content (AvgIpc) is 2.44. The number of hydrogen-bond acceptors (Lipinski definition) is 2. The van der Waals surface area contributed by atoms with Crippen LogP contribution in [0.25, 0.3) is 0 Å². The topological polar surface area (TPSA) is 34.1 Å². The largest absolute Gasteiger partial charge is 0.358 e. The monoisotopic (exact) mass is 238 g/mol.